The molecule has 1 atom stereocenters. The maximum atomic E-state index is 11.5. The summed E-state index contributed by atoms with van der Waals surface area (Å²) in [5.41, 5.74) is 9.67. The molecule has 3 rings (SSSR count). The lowest BCUT2D eigenvalue weighted by atomic mass is 10.1. The summed E-state index contributed by atoms with van der Waals surface area (Å²) in [7, 11) is 2.99. The number of hydrogen-bond acceptors (Lipinski definition) is 5. The number of hydrogen-bond donors (Lipinski definition) is 1. The Morgan fingerprint density at radius 2 is 1.81 bits per heavy atom. The monoisotopic (exact) mass is 365 g/mol. The molecule has 2 N–H and O–H groups in total. The van der Waals surface area contributed by atoms with Crippen molar-refractivity contribution in [2.45, 2.75) is 18.9 Å². The fourth-order valence-electron chi connectivity index (χ4n) is 2.86. The summed E-state index contributed by atoms with van der Waals surface area (Å²) < 4.78 is 11.8. The van der Waals surface area contributed by atoms with Crippen LogP contribution in [0.1, 0.15) is 12.1 Å². The predicted octanol–water partition coefficient (Wildman–Crippen LogP) is 2.98. The predicted molar refractivity (Wildman–Crippen MR) is 104 cm³/mol. The van der Waals surface area contributed by atoms with Crippen LogP contribution < -0.4 is 10.5 Å². The minimum Gasteiger partial charge on any atom is -0.497 e. The van der Waals surface area contributed by atoms with E-state index in [0.717, 1.165) is 28.4 Å². The Labute approximate surface area is 158 Å². The van der Waals surface area contributed by atoms with E-state index in [4.69, 9.17) is 15.6 Å². The summed E-state index contributed by atoms with van der Waals surface area (Å²) >= 11 is 0. The smallest absolute Gasteiger partial charge is 0.322 e. The maximum absolute atomic E-state index is 11.5. The van der Waals surface area contributed by atoms with Gasteiger partial charge in [-0.05, 0) is 55.3 Å². The zero-order valence-corrected chi connectivity index (χ0v) is 15.5. The van der Waals surface area contributed by atoms with E-state index in [2.05, 4.69) is 4.74 Å². The van der Waals surface area contributed by atoms with E-state index in [-0.39, 0.29) is 0 Å². The molecular formula is C21H23N3O3. The largest absolute Gasteiger partial charge is 0.497 e. The summed E-state index contributed by atoms with van der Waals surface area (Å²) in [5.74, 6) is 0.390. The van der Waals surface area contributed by atoms with Gasteiger partial charge in [-0.1, -0.05) is 18.2 Å². The number of carbonyl (C=O) groups is 1. The third-order valence-electron chi connectivity index (χ3n) is 4.36. The molecule has 0 aliphatic rings. The second kappa shape index (κ2) is 8.51. The van der Waals surface area contributed by atoms with Crippen molar-refractivity contribution in [3.05, 3.63) is 66.4 Å². The molecule has 1 aromatic heterocycles. The van der Waals surface area contributed by atoms with Crippen LogP contribution in [0.5, 0.6) is 5.75 Å². The first kappa shape index (κ1) is 18.7. The number of para-hydroxylation sites is 1. The first-order chi connectivity index (χ1) is 13.1. The molecule has 2 aromatic carbocycles. The van der Waals surface area contributed by atoms with Crippen molar-refractivity contribution in [1.82, 2.24) is 9.78 Å². The SMILES string of the molecule is COC(=O)[C@H](N)CCc1cc(-c2ccc(OC)cc2)n(-c2ccccc2)n1. The Morgan fingerprint density at radius 1 is 1.11 bits per heavy atom. The van der Waals surface area contributed by atoms with Gasteiger partial charge in [0.1, 0.15) is 11.8 Å². The highest BCUT2D eigenvalue weighted by Crippen LogP contribution is 2.26. The maximum Gasteiger partial charge on any atom is 0.322 e. The molecule has 0 saturated heterocycles. The number of aromatic nitrogens is 2. The van der Waals surface area contributed by atoms with Gasteiger partial charge in [-0.15, -0.1) is 0 Å². The van der Waals surface area contributed by atoms with Crippen LogP contribution in [0.2, 0.25) is 0 Å². The van der Waals surface area contributed by atoms with Gasteiger partial charge in [0.05, 0.1) is 31.3 Å². The molecule has 6 heteroatoms. The summed E-state index contributed by atoms with van der Waals surface area (Å²) in [6.45, 7) is 0. The Morgan fingerprint density at radius 3 is 2.44 bits per heavy atom. The second-order valence-electron chi connectivity index (χ2n) is 6.17. The molecule has 3 aromatic rings. The summed E-state index contributed by atoms with van der Waals surface area (Å²) in [6.07, 6.45) is 1.06. The van der Waals surface area contributed by atoms with E-state index >= 15 is 0 Å². The molecule has 0 unspecified atom stereocenters. The second-order valence-corrected chi connectivity index (χ2v) is 6.17. The molecule has 0 amide bonds. The Hall–Kier alpha value is -3.12. The highest BCUT2D eigenvalue weighted by Gasteiger charge is 2.16. The lowest BCUT2D eigenvalue weighted by Crippen LogP contribution is -2.31. The van der Waals surface area contributed by atoms with Gasteiger partial charge in [-0.2, -0.15) is 5.10 Å². The number of ether oxygens (including phenoxy) is 2. The third-order valence-corrected chi connectivity index (χ3v) is 4.36. The molecule has 0 aliphatic heterocycles. The highest BCUT2D eigenvalue weighted by molar-refractivity contribution is 5.75. The van der Waals surface area contributed by atoms with Crippen molar-refractivity contribution in [2.75, 3.05) is 14.2 Å². The number of aryl methyl sites for hydroxylation is 1. The molecule has 27 heavy (non-hydrogen) atoms. The highest BCUT2D eigenvalue weighted by atomic mass is 16.5. The Bertz CT molecular complexity index is 889. The lowest BCUT2D eigenvalue weighted by Gasteiger charge is -2.08. The summed E-state index contributed by atoms with van der Waals surface area (Å²) in [6, 6.07) is 19.1. The van der Waals surface area contributed by atoms with Crippen LogP contribution in [0.25, 0.3) is 16.9 Å². The van der Waals surface area contributed by atoms with Crippen molar-refractivity contribution < 1.29 is 14.3 Å². The fourth-order valence-corrected chi connectivity index (χ4v) is 2.86. The molecule has 0 bridgehead atoms. The van der Waals surface area contributed by atoms with Crippen LogP contribution in [-0.4, -0.2) is 36.0 Å². The van der Waals surface area contributed by atoms with Crippen LogP contribution in [0.4, 0.5) is 0 Å². The molecule has 6 nitrogen and oxygen atoms in total. The fraction of sp³-hybridized carbons (Fsp3) is 0.238. The van der Waals surface area contributed by atoms with Crippen molar-refractivity contribution in [1.29, 1.82) is 0 Å². The topological polar surface area (TPSA) is 79.4 Å². The van der Waals surface area contributed by atoms with Crippen LogP contribution in [0.15, 0.2) is 60.7 Å². The van der Waals surface area contributed by atoms with Crippen LogP contribution in [0.3, 0.4) is 0 Å². The Kier molecular flexibility index (Phi) is 5.88. The number of nitrogens with zero attached hydrogens (tertiary/aromatic N) is 2. The number of rotatable bonds is 7. The summed E-state index contributed by atoms with van der Waals surface area (Å²) in [4.78, 5) is 11.5. The van der Waals surface area contributed by atoms with Crippen molar-refractivity contribution in [3.63, 3.8) is 0 Å². The van der Waals surface area contributed by atoms with Gasteiger partial charge in [0.15, 0.2) is 0 Å². The normalized spacial score (nSPS) is 11.8. The lowest BCUT2D eigenvalue weighted by molar-refractivity contribution is -0.142. The molecule has 0 aliphatic carbocycles. The molecule has 0 spiro atoms. The number of carbonyl (C=O) groups excluding carboxylic acids is 1. The standard InChI is InChI=1S/C21H23N3O3/c1-26-18-11-8-15(9-12-18)20-14-16(10-13-19(22)21(25)27-2)23-24(20)17-6-4-3-5-7-17/h3-9,11-12,14,19H,10,13,22H2,1-2H3/t19-/m1/s1. The van der Waals surface area contributed by atoms with Gasteiger partial charge >= 0.3 is 5.97 Å². The minimum absolute atomic E-state index is 0.409. The molecule has 0 radical (unpaired) electrons. The number of esters is 1. The molecular weight excluding hydrogens is 342 g/mol. The molecule has 1 heterocycles. The van der Waals surface area contributed by atoms with Crippen LogP contribution in [-0.2, 0) is 16.0 Å². The zero-order valence-electron chi connectivity index (χ0n) is 15.5. The van der Waals surface area contributed by atoms with Gasteiger partial charge in [-0.3, -0.25) is 4.79 Å². The zero-order chi connectivity index (χ0) is 19.2. The van der Waals surface area contributed by atoms with Gasteiger partial charge in [0.2, 0.25) is 0 Å². The number of benzene rings is 2. The molecule has 0 saturated carbocycles. The van der Waals surface area contributed by atoms with E-state index < -0.39 is 12.0 Å². The average molecular weight is 365 g/mol. The van der Waals surface area contributed by atoms with E-state index in [1.54, 1.807) is 7.11 Å². The molecule has 140 valence electrons. The first-order valence-corrected chi connectivity index (χ1v) is 8.74. The van der Waals surface area contributed by atoms with Gasteiger partial charge in [-0.25, -0.2) is 4.68 Å². The number of nitrogens with two attached hydrogens (primary N) is 1. The van der Waals surface area contributed by atoms with E-state index in [9.17, 15) is 4.79 Å². The van der Waals surface area contributed by atoms with Gasteiger partial charge in [0, 0.05) is 5.56 Å². The Balaban J connectivity index is 1.92. The van der Waals surface area contributed by atoms with Crippen molar-refractivity contribution in [3.8, 4) is 22.7 Å². The van der Waals surface area contributed by atoms with Gasteiger partial charge in [0.25, 0.3) is 0 Å². The first-order valence-electron chi connectivity index (χ1n) is 8.74. The van der Waals surface area contributed by atoms with Crippen LogP contribution in [0, 0.1) is 0 Å². The van der Waals surface area contributed by atoms with Crippen LogP contribution >= 0.6 is 0 Å². The van der Waals surface area contributed by atoms with Crippen molar-refractivity contribution in [2.24, 2.45) is 5.73 Å². The van der Waals surface area contributed by atoms with E-state index in [1.165, 1.54) is 7.11 Å². The van der Waals surface area contributed by atoms with Crippen molar-refractivity contribution >= 4 is 5.97 Å². The summed E-state index contributed by atoms with van der Waals surface area (Å²) in [5, 5.41) is 4.73. The number of methoxy groups -OCH3 is 2. The van der Waals surface area contributed by atoms with Gasteiger partial charge < -0.3 is 15.2 Å². The average Bonchev–Trinajstić information content (AvgIpc) is 3.16. The quantitative estimate of drug-likeness (QED) is 0.651. The van der Waals surface area contributed by atoms with E-state index in [0.29, 0.717) is 12.8 Å². The minimum atomic E-state index is -0.652. The third kappa shape index (κ3) is 4.35. The van der Waals surface area contributed by atoms with E-state index in [1.807, 2.05) is 65.3 Å². The molecule has 0 fully saturated rings.